The normalized spacial score (nSPS) is 14.8. The highest BCUT2D eigenvalue weighted by molar-refractivity contribution is 6.21. The lowest BCUT2D eigenvalue weighted by atomic mass is 9.95. The number of hydrogen-bond donors (Lipinski definition) is 0. The molecule has 0 aliphatic rings. The van der Waals surface area contributed by atoms with Crippen molar-refractivity contribution in [2.24, 2.45) is 20.0 Å². The Morgan fingerprint density at radius 2 is 1.58 bits per heavy atom. The smallest absolute Gasteiger partial charge is 0.235 e. The van der Waals surface area contributed by atoms with Gasteiger partial charge in [0.1, 0.15) is 6.04 Å². The summed E-state index contributed by atoms with van der Waals surface area (Å²) in [5, 5.41) is -0.842. The van der Waals surface area contributed by atoms with Gasteiger partial charge in [-0.05, 0) is 26.9 Å². The Morgan fingerprint density at radius 3 is 2.08 bits per heavy atom. The van der Waals surface area contributed by atoms with E-state index in [0.29, 0.717) is 12.8 Å². The molecule has 9 nitrogen and oxygen atoms in total. The standard InChI is InChI=1S/C14H18ClN5O4/c1-20(2)11(3-4-16-7-21)5-13(18-9-23)14(19-10-24)12(15)6-17-8-22/h11-14H,3-6H2,1-2H3. The lowest BCUT2D eigenvalue weighted by Gasteiger charge is -2.29. The summed E-state index contributed by atoms with van der Waals surface area (Å²) in [4.78, 5) is 57.8. The van der Waals surface area contributed by atoms with Crippen LogP contribution in [0.4, 0.5) is 0 Å². The molecular weight excluding hydrogens is 338 g/mol. The summed E-state index contributed by atoms with van der Waals surface area (Å²) < 4.78 is 0. The van der Waals surface area contributed by atoms with Crippen molar-refractivity contribution >= 4 is 35.9 Å². The Bertz CT molecular complexity index is 574. The first-order valence-corrected chi connectivity index (χ1v) is 7.47. The van der Waals surface area contributed by atoms with E-state index < -0.39 is 17.5 Å². The largest absolute Gasteiger partial charge is 0.306 e. The van der Waals surface area contributed by atoms with Gasteiger partial charge in [-0.1, -0.05) is 0 Å². The molecule has 0 heterocycles. The van der Waals surface area contributed by atoms with Crippen LogP contribution >= 0.6 is 11.6 Å². The maximum Gasteiger partial charge on any atom is 0.235 e. The molecule has 0 radical (unpaired) electrons. The van der Waals surface area contributed by atoms with E-state index in [1.165, 1.54) is 24.3 Å². The topological polar surface area (TPSA) is 121 Å². The van der Waals surface area contributed by atoms with Crippen molar-refractivity contribution in [2.75, 3.05) is 27.2 Å². The molecule has 0 spiro atoms. The number of carbonyl (C=O) groups excluding carboxylic acids is 4. The molecule has 0 aliphatic carbocycles. The Hall–Kier alpha value is -2.23. The number of aliphatic imine (C=N–C) groups is 4. The molecule has 4 atom stereocenters. The summed E-state index contributed by atoms with van der Waals surface area (Å²) >= 11 is 6.11. The lowest BCUT2D eigenvalue weighted by Crippen LogP contribution is -2.40. The zero-order valence-corrected chi connectivity index (χ0v) is 14.1. The van der Waals surface area contributed by atoms with Crippen LogP contribution in [0.1, 0.15) is 12.8 Å². The monoisotopic (exact) mass is 355 g/mol. The quantitative estimate of drug-likeness (QED) is 0.284. The van der Waals surface area contributed by atoms with Gasteiger partial charge in [-0.3, -0.25) is 0 Å². The predicted octanol–water partition coefficient (Wildman–Crippen LogP) is 0.385. The molecule has 0 saturated heterocycles. The lowest BCUT2D eigenvalue weighted by molar-refractivity contribution is 0.245. The second-order valence-corrected chi connectivity index (χ2v) is 5.62. The Kier molecular flexibility index (Phi) is 12.0. The van der Waals surface area contributed by atoms with E-state index in [2.05, 4.69) is 20.0 Å². The maximum atomic E-state index is 10.7. The summed E-state index contributed by atoms with van der Waals surface area (Å²) in [6, 6.07) is -1.78. The van der Waals surface area contributed by atoms with E-state index in [0.717, 1.165) is 0 Å². The van der Waals surface area contributed by atoms with Gasteiger partial charge in [0, 0.05) is 6.04 Å². The molecule has 0 aromatic carbocycles. The average Bonchev–Trinajstić information content (AvgIpc) is 2.56. The molecule has 0 fully saturated rings. The van der Waals surface area contributed by atoms with Gasteiger partial charge in [-0.15, -0.1) is 11.6 Å². The van der Waals surface area contributed by atoms with E-state index in [4.69, 9.17) is 11.6 Å². The van der Waals surface area contributed by atoms with Crippen molar-refractivity contribution in [3.8, 4) is 0 Å². The van der Waals surface area contributed by atoms with Crippen molar-refractivity contribution < 1.29 is 19.2 Å². The van der Waals surface area contributed by atoms with Crippen LogP contribution in [0.25, 0.3) is 0 Å². The van der Waals surface area contributed by atoms with Gasteiger partial charge in [0.25, 0.3) is 0 Å². The molecule has 0 aromatic rings. The molecule has 4 unspecified atom stereocenters. The highest BCUT2D eigenvalue weighted by Gasteiger charge is 2.31. The molecule has 130 valence electrons. The van der Waals surface area contributed by atoms with Gasteiger partial charge in [-0.25, -0.2) is 34.2 Å². The number of halogens is 1. The molecule has 0 aromatic heterocycles. The van der Waals surface area contributed by atoms with Gasteiger partial charge in [0.05, 0.1) is 24.5 Å². The third-order valence-corrected chi connectivity index (χ3v) is 3.79. The fraction of sp³-hybridized carbons (Fsp3) is 0.714. The summed E-state index contributed by atoms with van der Waals surface area (Å²) in [5.41, 5.74) is 0. The molecule has 0 bridgehead atoms. The summed E-state index contributed by atoms with van der Waals surface area (Å²) in [5.74, 6) is 0. The first-order chi connectivity index (χ1) is 11.5. The van der Waals surface area contributed by atoms with Crippen LogP contribution in [-0.2, 0) is 19.2 Å². The van der Waals surface area contributed by atoms with Crippen LogP contribution in [-0.4, -0.2) is 79.9 Å². The minimum absolute atomic E-state index is 0.119. The van der Waals surface area contributed by atoms with Crippen molar-refractivity contribution in [1.82, 2.24) is 4.90 Å². The Labute approximate surface area is 144 Å². The summed E-state index contributed by atoms with van der Waals surface area (Å²) in [6.45, 7) is 0.124. The van der Waals surface area contributed by atoms with Crippen molar-refractivity contribution in [1.29, 1.82) is 0 Å². The molecule has 0 rings (SSSR count). The fourth-order valence-corrected chi connectivity index (χ4v) is 2.46. The summed E-state index contributed by atoms with van der Waals surface area (Å²) in [6.07, 6.45) is 6.45. The van der Waals surface area contributed by atoms with E-state index >= 15 is 0 Å². The third kappa shape index (κ3) is 8.42. The van der Waals surface area contributed by atoms with E-state index in [9.17, 15) is 19.2 Å². The second-order valence-electron chi connectivity index (χ2n) is 5.06. The second kappa shape index (κ2) is 13.2. The summed E-state index contributed by atoms with van der Waals surface area (Å²) in [7, 11) is 3.62. The average molecular weight is 356 g/mol. The van der Waals surface area contributed by atoms with Gasteiger partial charge in [0.15, 0.2) is 0 Å². The van der Waals surface area contributed by atoms with Crippen molar-refractivity contribution in [3.05, 3.63) is 0 Å². The minimum atomic E-state index is -0.903. The molecule has 10 heteroatoms. The zero-order valence-electron chi connectivity index (χ0n) is 13.4. The molecule has 0 amide bonds. The predicted molar refractivity (Wildman–Crippen MR) is 86.1 cm³/mol. The Morgan fingerprint density at radius 1 is 0.958 bits per heavy atom. The van der Waals surface area contributed by atoms with Gasteiger partial charge in [-0.2, -0.15) is 4.99 Å². The van der Waals surface area contributed by atoms with Crippen molar-refractivity contribution in [2.45, 2.75) is 36.3 Å². The zero-order chi connectivity index (χ0) is 18.4. The molecular formula is C14H18ClN5O4. The SMILES string of the molecule is CN(C)C(CCN=C=O)CC(N=C=O)C(N=C=O)C(Cl)CN=C=O. The first-order valence-electron chi connectivity index (χ1n) is 7.03. The third-order valence-electron chi connectivity index (χ3n) is 3.40. The first kappa shape index (κ1) is 21.8. The molecule has 0 aliphatic heterocycles. The van der Waals surface area contributed by atoms with E-state index in [-0.39, 0.29) is 19.1 Å². The van der Waals surface area contributed by atoms with Crippen LogP contribution in [0.3, 0.4) is 0 Å². The van der Waals surface area contributed by atoms with Crippen LogP contribution < -0.4 is 0 Å². The van der Waals surface area contributed by atoms with Crippen LogP contribution in [0.15, 0.2) is 20.0 Å². The fourth-order valence-electron chi connectivity index (χ4n) is 2.16. The number of nitrogens with zero attached hydrogens (tertiary/aromatic N) is 5. The number of hydrogen-bond acceptors (Lipinski definition) is 9. The van der Waals surface area contributed by atoms with Crippen LogP contribution in [0, 0.1) is 0 Å². The minimum Gasteiger partial charge on any atom is -0.306 e. The van der Waals surface area contributed by atoms with Crippen LogP contribution in [0.2, 0.25) is 0 Å². The van der Waals surface area contributed by atoms with E-state index in [1.807, 2.05) is 19.0 Å². The molecule has 0 N–H and O–H groups in total. The number of alkyl halides is 1. The molecule has 24 heavy (non-hydrogen) atoms. The van der Waals surface area contributed by atoms with Gasteiger partial charge < -0.3 is 4.90 Å². The Balaban J connectivity index is 5.35. The van der Waals surface area contributed by atoms with Gasteiger partial charge in [0.2, 0.25) is 24.3 Å². The van der Waals surface area contributed by atoms with E-state index in [1.54, 1.807) is 0 Å². The highest BCUT2D eigenvalue weighted by atomic mass is 35.5. The van der Waals surface area contributed by atoms with Gasteiger partial charge >= 0.3 is 0 Å². The maximum absolute atomic E-state index is 10.7. The molecule has 0 saturated carbocycles. The van der Waals surface area contributed by atoms with Crippen molar-refractivity contribution in [3.63, 3.8) is 0 Å². The van der Waals surface area contributed by atoms with Crippen LogP contribution in [0.5, 0.6) is 0 Å². The highest BCUT2D eigenvalue weighted by Crippen LogP contribution is 2.21. The number of rotatable bonds is 12. The number of isocyanates is 4.